The number of hydrogen-bond acceptors (Lipinski definition) is 2. The second-order valence-corrected chi connectivity index (χ2v) is 8.62. The lowest BCUT2D eigenvalue weighted by Crippen LogP contribution is -2.47. The number of fused-ring (bicyclic) bond motifs is 3. The van der Waals surface area contributed by atoms with E-state index in [1.165, 1.54) is 11.1 Å². The number of hydrogen-bond donors (Lipinski definition) is 1. The summed E-state index contributed by atoms with van der Waals surface area (Å²) in [4.78, 5) is 19.1. The molecule has 1 N–H and O–H groups in total. The fraction of sp³-hybridized carbons (Fsp3) is 0.138. The average molecular weight is 433 g/mol. The summed E-state index contributed by atoms with van der Waals surface area (Å²) >= 11 is 0. The van der Waals surface area contributed by atoms with Gasteiger partial charge in [-0.05, 0) is 58.0 Å². The summed E-state index contributed by atoms with van der Waals surface area (Å²) in [5, 5.41) is 3.22. The SMILES string of the molecule is O=C(c1cccc2ccccc12)N1Cc2ccccc2CC1COc1ccc2cc[nH]c2c1. The Bertz CT molecular complexity index is 1460. The molecule has 1 aromatic heterocycles. The Morgan fingerprint density at radius 3 is 2.64 bits per heavy atom. The first-order valence-electron chi connectivity index (χ1n) is 11.3. The van der Waals surface area contributed by atoms with Crippen LogP contribution in [0.15, 0.2) is 97.2 Å². The van der Waals surface area contributed by atoms with Crippen LogP contribution in [0.2, 0.25) is 0 Å². The molecule has 0 saturated carbocycles. The van der Waals surface area contributed by atoms with Gasteiger partial charge in [0.05, 0.1) is 6.04 Å². The molecule has 0 saturated heterocycles. The minimum Gasteiger partial charge on any atom is -0.491 e. The molecule has 1 aliphatic rings. The molecule has 162 valence electrons. The van der Waals surface area contributed by atoms with Crippen LogP contribution in [0.4, 0.5) is 0 Å². The highest BCUT2D eigenvalue weighted by Crippen LogP contribution is 2.28. The molecule has 4 aromatic carbocycles. The molecule has 1 amide bonds. The van der Waals surface area contributed by atoms with Gasteiger partial charge in [-0.1, -0.05) is 60.7 Å². The summed E-state index contributed by atoms with van der Waals surface area (Å²) in [5.41, 5.74) is 4.28. The minimum atomic E-state index is -0.0503. The van der Waals surface area contributed by atoms with Gasteiger partial charge in [0.15, 0.2) is 0 Å². The molecule has 0 radical (unpaired) electrons. The van der Waals surface area contributed by atoms with Crippen LogP contribution in [0.25, 0.3) is 21.7 Å². The summed E-state index contributed by atoms with van der Waals surface area (Å²) < 4.78 is 6.23. The third-order valence-corrected chi connectivity index (χ3v) is 6.61. The van der Waals surface area contributed by atoms with Crippen molar-refractivity contribution >= 4 is 27.6 Å². The van der Waals surface area contributed by atoms with Gasteiger partial charge in [-0.15, -0.1) is 0 Å². The number of carbonyl (C=O) groups excluding carboxylic acids is 1. The van der Waals surface area contributed by atoms with Gasteiger partial charge < -0.3 is 14.6 Å². The van der Waals surface area contributed by atoms with Crippen molar-refractivity contribution in [3.8, 4) is 5.75 Å². The molecule has 4 nitrogen and oxygen atoms in total. The number of nitrogens with one attached hydrogen (secondary N) is 1. The summed E-state index contributed by atoms with van der Waals surface area (Å²) in [5.74, 6) is 0.857. The van der Waals surface area contributed by atoms with E-state index in [0.29, 0.717) is 13.2 Å². The van der Waals surface area contributed by atoms with E-state index in [-0.39, 0.29) is 11.9 Å². The highest BCUT2D eigenvalue weighted by atomic mass is 16.5. The predicted molar refractivity (Wildman–Crippen MR) is 132 cm³/mol. The number of aromatic nitrogens is 1. The van der Waals surface area contributed by atoms with Crippen molar-refractivity contribution in [2.24, 2.45) is 0 Å². The van der Waals surface area contributed by atoms with Crippen molar-refractivity contribution in [3.63, 3.8) is 0 Å². The third-order valence-electron chi connectivity index (χ3n) is 6.61. The number of rotatable bonds is 4. The Hall–Kier alpha value is -4.05. The van der Waals surface area contributed by atoms with Gasteiger partial charge in [0.25, 0.3) is 5.91 Å². The molecule has 2 heterocycles. The molecule has 1 atom stereocenters. The third kappa shape index (κ3) is 3.64. The Kier molecular flexibility index (Phi) is 4.84. The van der Waals surface area contributed by atoms with Crippen molar-refractivity contribution in [2.45, 2.75) is 19.0 Å². The zero-order valence-corrected chi connectivity index (χ0v) is 18.2. The zero-order valence-electron chi connectivity index (χ0n) is 18.2. The summed E-state index contributed by atoms with van der Waals surface area (Å²) in [6.07, 6.45) is 2.70. The number of carbonyl (C=O) groups is 1. The van der Waals surface area contributed by atoms with Crippen molar-refractivity contribution in [2.75, 3.05) is 6.61 Å². The Morgan fingerprint density at radius 2 is 1.70 bits per heavy atom. The van der Waals surface area contributed by atoms with Crippen LogP contribution < -0.4 is 4.74 Å². The van der Waals surface area contributed by atoms with Gasteiger partial charge in [0.2, 0.25) is 0 Å². The second kappa shape index (κ2) is 8.14. The van der Waals surface area contributed by atoms with Crippen LogP contribution in [-0.4, -0.2) is 28.4 Å². The van der Waals surface area contributed by atoms with E-state index in [2.05, 4.69) is 41.4 Å². The lowest BCUT2D eigenvalue weighted by atomic mass is 9.93. The summed E-state index contributed by atoms with van der Waals surface area (Å²) in [6, 6.07) is 30.5. The molecule has 0 bridgehead atoms. The molecule has 0 spiro atoms. The van der Waals surface area contributed by atoms with E-state index in [4.69, 9.17) is 4.74 Å². The van der Waals surface area contributed by atoms with Crippen LogP contribution in [0.3, 0.4) is 0 Å². The van der Waals surface area contributed by atoms with Gasteiger partial charge in [-0.25, -0.2) is 0 Å². The lowest BCUT2D eigenvalue weighted by Gasteiger charge is -2.37. The largest absolute Gasteiger partial charge is 0.491 e. The number of ether oxygens (including phenoxy) is 1. The summed E-state index contributed by atoms with van der Waals surface area (Å²) in [6.45, 7) is 1.03. The standard InChI is InChI=1S/C29H24N2O2/c32-29(27-11-5-9-20-6-3-4-10-26(20)27)31-18-23-8-2-1-7-22(23)16-24(31)19-33-25-13-12-21-14-15-30-28(21)17-25/h1-15,17,24,30H,16,18-19H2. The molecule has 33 heavy (non-hydrogen) atoms. The number of H-pyrrole nitrogens is 1. The Labute approximate surface area is 192 Å². The van der Waals surface area contributed by atoms with Crippen molar-refractivity contribution < 1.29 is 9.53 Å². The maximum atomic E-state index is 13.9. The molecule has 1 aliphatic heterocycles. The van der Waals surface area contributed by atoms with E-state index in [9.17, 15) is 4.79 Å². The predicted octanol–water partition coefficient (Wildman–Crippen LogP) is 5.97. The first-order chi connectivity index (χ1) is 16.3. The second-order valence-electron chi connectivity index (χ2n) is 8.62. The first-order valence-corrected chi connectivity index (χ1v) is 11.3. The number of amides is 1. The highest BCUT2D eigenvalue weighted by Gasteiger charge is 2.31. The quantitative estimate of drug-likeness (QED) is 0.380. The number of benzene rings is 4. The van der Waals surface area contributed by atoms with Crippen LogP contribution in [-0.2, 0) is 13.0 Å². The molecule has 6 rings (SSSR count). The van der Waals surface area contributed by atoms with Crippen LogP contribution in [0.5, 0.6) is 5.75 Å². The average Bonchev–Trinajstić information content (AvgIpc) is 3.34. The van der Waals surface area contributed by atoms with E-state index in [1.54, 1.807) is 0 Å². The summed E-state index contributed by atoms with van der Waals surface area (Å²) in [7, 11) is 0. The number of nitrogens with zero attached hydrogens (tertiary/aromatic N) is 1. The topological polar surface area (TPSA) is 45.3 Å². The monoisotopic (exact) mass is 432 g/mol. The van der Waals surface area contributed by atoms with Crippen LogP contribution in [0, 0.1) is 0 Å². The molecule has 4 heteroatoms. The molecular weight excluding hydrogens is 408 g/mol. The highest BCUT2D eigenvalue weighted by molar-refractivity contribution is 6.07. The van der Waals surface area contributed by atoms with Gasteiger partial charge >= 0.3 is 0 Å². The normalized spacial score (nSPS) is 15.5. The Morgan fingerprint density at radius 1 is 0.879 bits per heavy atom. The number of aromatic amines is 1. The zero-order chi connectivity index (χ0) is 22.2. The molecule has 1 unspecified atom stereocenters. The maximum Gasteiger partial charge on any atom is 0.255 e. The van der Waals surface area contributed by atoms with Crippen LogP contribution >= 0.6 is 0 Å². The molecule has 0 fully saturated rings. The van der Waals surface area contributed by atoms with Gasteiger partial charge in [-0.3, -0.25) is 4.79 Å². The fourth-order valence-corrected chi connectivity index (χ4v) is 4.85. The van der Waals surface area contributed by atoms with Gasteiger partial charge in [0, 0.05) is 29.9 Å². The van der Waals surface area contributed by atoms with Crippen LogP contribution in [0.1, 0.15) is 21.5 Å². The minimum absolute atomic E-state index is 0.0503. The van der Waals surface area contributed by atoms with Gasteiger partial charge in [0.1, 0.15) is 12.4 Å². The van der Waals surface area contributed by atoms with Crippen molar-refractivity contribution in [1.29, 1.82) is 0 Å². The van der Waals surface area contributed by atoms with E-state index >= 15 is 0 Å². The molecule has 5 aromatic rings. The Balaban J connectivity index is 1.32. The molecule has 0 aliphatic carbocycles. The maximum absolute atomic E-state index is 13.9. The van der Waals surface area contributed by atoms with E-state index in [1.807, 2.05) is 65.7 Å². The van der Waals surface area contributed by atoms with Crippen molar-refractivity contribution in [1.82, 2.24) is 9.88 Å². The lowest BCUT2D eigenvalue weighted by molar-refractivity contribution is 0.0568. The molecular formula is C29H24N2O2. The van der Waals surface area contributed by atoms with Gasteiger partial charge in [-0.2, -0.15) is 0 Å². The van der Waals surface area contributed by atoms with E-state index < -0.39 is 0 Å². The fourth-order valence-electron chi connectivity index (χ4n) is 4.85. The smallest absolute Gasteiger partial charge is 0.255 e. The first kappa shape index (κ1) is 19.6. The van der Waals surface area contributed by atoms with E-state index in [0.717, 1.165) is 39.4 Å². The van der Waals surface area contributed by atoms with Crippen molar-refractivity contribution in [3.05, 3.63) is 114 Å².